The largest absolute Gasteiger partial charge is 0.481 e. The fourth-order valence-electron chi connectivity index (χ4n) is 3.02. The SMILES string of the molecule is CC(C)(C)C1CCCCC1NC(=O)CCCC(=O)O. The summed E-state index contributed by atoms with van der Waals surface area (Å²) in [5.41, 5.74) is 0.208. The van der Waals surface area contributed by atoms with Crippen molar-refractivity contribution in [3.8, 4) is 0 Å². The van der Waals surface area contributed by atoms with Crippen LogP contribution in [0.3, 0.4) is 0 Å². The molecule has 110 valence electrons. The number of carbonyl (C=O) groups is 2. The van der Waals surface area contributed by atoms with Crippen molar-refractivity contribution < 1.29 is 14.7 Å². The molecule has 19 heavy (non-hydrogen) atoms. The van der Waals surface area contributed by atoms with Gasteiger partial charge in [0, 0.05) is 18.9 Å². The van der Waals surface area contributed by atoms with Crippen LogP contribution in [-0.2, 0) is 9.59 Å². The number of hydrogen-bond donors (Lipinski definition) is 2. The standard InChI is InChI=1S/C15H27NO3/c1-15(2,3)11-7-4-5-8-12(11)16-13(17)9-6-10-14(18)19/h11-12H,4-10H2,1-3H3,(H,16,17)(H,18,19). The molecule has 2 N–H and O–H groups in total. The van der Waals surface area contributed by atoms with Crippen molar-refractivity contribution in [2.24, 2.45) is 11.3 Å². The predicted octanol–water partition coefficient (Wildman–Crippen LogP) is 2.96. The van der Waals surface area contributed by atoms with Gasteiger partial charge in [0.25, 0.3) is 0 Å². The highest BCUT2D eigenvalue weighted by Crippen LogP contribution is 2.37. The number of carboxylic acid groups (broad SMARTS) is 1. The van der Waals surface area contributed by atoms with Crippen molar-refractivity contribution >= 4 is 11.9 Å². The maximum atomic E-state index is 11.9. The van der Waals surface area contributed by atoms with Gasteiger partial charge in [0.15, 0.2) is 0 Å². The molecule has 0 spiro atoms. The molecule has 2 atom stereocenters. The normalized spacial score (nSPS) is 23.9. The molecule has 1 amide bonds. The summed E-state index contributed by atoms with van der Waals surface area (Å²) in [6, 6.07) is 0.256. The Balaban J connectivity index is 2.44. The lowest BCUT2D eigenvalue weighted by atomic mass is 9.69. The average Bonchev–Trinajstić information content (AvgIpc) is 2.27. The molecule has 1 aliphatic rings. The topological polar surface area (TPSA) is 66.4 Å². The average molecular weight is 269 g/mol. The summed E-state index contributed by atoms with van der Waals surface area (Å²) in [4.78, 5) is 22.3. The molecular weight excluding hydrogens is 242 g/mol. The van der Waals surface area contributed by atoms with Gasteiger partial charge in [0.05, 0.1) is 0 Å². The lowest BCUT2D eigenvalue weighted by molar-refractivity contribution is -0.137. The molecule has 0 aromatic heterocycles. The van der Waals surface area contributed by atoms with Crippen molar-refractivity contribution in [3.63, 3.8) is 0 Å². The van der Waals surface area contributed by atoms with Gasteiger partial charge >= 0.3 is 5.97 Å². The van der Waals surface area contributed by atoms with Crippen molar-refractivity contribution in [2.45, 2.75) is 71.8 Å². The van der Waals surface area contributed by atoms with E-state index >= 15 is 0 Å². The van der Waals surface area contributed by atoms with Crippen LogP contribution in [0.15, 0.2) is 0 Å². The van der Waals surface area contributed by atoms with E-state index in [4.69, 9.17) is 5.11 Å². The minimum atomic E-state index is -0.835. The Hall–Kier alpha value is -1.06. The molecule has 0 heterocycles. The van der Waals surface area contributed by atoms with E-state index in [1.807, 2.05) is 0 Å². The molecule has 0 saturated heterocycles. The molecule has 4 heteroatoms. The Morgan fingerprint density at radius 1 is 1.16 bits per heavy atom. The number of carbonyl (C=O) groups excluding carboxylic acids is 1. The van der Waals surface area contributed by atoms with E-state index in [0.29, 0.717) is 18.8 Å². The Bertz CT molecular complexity index is 320. The molecular formula is C15H27NO3. The number of hydrogen-bond acceptors (Lipinski definition) is 2. The van der Waals surface area contributed by atoms with E-state index in [-0.39, 0.29) is 23.8 Å². The van der Waals surface area contributed by atoms with Crippen LogP contribution in [0.25, 0.3) is 0 Å². The van der Waals surface area contributed by atoms with Crippen LogP contribution in [0.1, 0.15) is 65.7 Å². The van der Waals surface area contributed by atoms with Gasteiger partial charge in [0.2, 0.25) is 5.91 Å². The molecule has 1 saturated carbocycles. The van der Waals surface area contributed by atoms with E-state index in [2.05, 4.69) is 26.1 Å². The molecule has 2 unspecified atom stereocenters. The van der Waals surface area contributed by atoms with E-state index in [1.165, 1.54) is 19.3 Å². The molecule has 0 aromatic rings. The van der Waals surface area contributed by atoms with Crippen LogP contribution in [0.5, 0.6) is 0 Å². The summed E-state index contributed by atoms with van der Waals surface area (Å²) in [6.45, 7) is 6.69. The highest BCUT2D eigenvalue weighted by molar-refractivity contribution is 5.77. The van der Waals surface area contributed by atoms with Crippen LogP contribution in [0.2, 0.25) is 0 Å². The highest BCUT2D eigenvalue weighted by Gasteiger charge is 2.34. The maximum absolute atomic E-state index is 11.9. The molecule has 0 radical (unpaired) electrons. The zero-order valence-corrected chi connectivity index (χ0v) is 12.4. The molecule has 1 fully saturated rings. The Morgan fingerprint density at radius 3 is 2.37 bits per heavy atom. The van der Waals surface area contributed by atoms with E-state index in [1.54, 1.807) is 0 Å². The first-order valence-corrected chi connectivity index (χ1v) is 7.32. The molecule has 4 nitrogen and oxygen atoms in total. The van der Waals surface area contributed by atoms with Crippen molar-refractivity contribution in [3.05, 3.63) is 0 Å². The minimum absolute atomic E-state index is 0.00222. The van der Waals surface area contributed by atoms with E-state index < -0.39 is 5.97 Å². The maximum Gasteiger partial charge on any atom is 0.303 e. The van der Waals surface area contributed by atoms with Crippen LogP contribution in [-0.4, -0.2) is 23.0 Å². The van der Waals surface area contributed by atoms with Crippen LogP contribution >= 0.6 is 0 Å². The first kappa shape index (κ1) is 16.0. The Morgan fingerprint density at radius 2 is 1.79 bits per heavy atom. The van der Waals surface area contributed by atoms with Gasteiger partial charge in [-0.05, 0) is 30.6 Å². The third kappa shape index (κ3) is 5.62. The summed E-state index contributed by atoms with van der Waals surface area (Å²) in [5.74, 6) is -0.315. The third-order valence-electron chi connectivity index (χ3n) is 4.02. The van der Waals surface area contributed by atoms with Crippen LogP contribution in [0.4, 0.5) is 0 Å². The van der Waals surface area contributed by atoms with Gasteiger partial charge in [-0.1, -0.05) is 33.6 Å². The summed E-state index contributed by atoms with van der Waals surface area (Å²) >= 11 is 0. The number of carboxylic acids is 1. The number of aliphatic carboxylic acids is 1. The Kier molecular flexibility index (Phi) is 5.83. The second-order valence-electron chi connectivity index (χ2n) is 6.68. The fourth-order valence-corrected chi connectivity index (χ4v) is 3.02. The van der Waals surface area contributed by atoms with Gasteiger partial charge in [-0.15, -0.1) is 0 Å². The van der Waals surface area contributed by atoms with Gasteiger partial charge < -0.3 is 10.4 Å². The number of rotatable bonds is 5. The van der Waals surface area contributed by atoms with Gasteiger partial charge in [0.1, 0.15) is 0 Å². The number of nitrogens with one attached hydrogen (secondary N) is 1. The molecule has 0 aromatic carbocycles. The van der Waals surface area contributed by atoms with Gasteiger partial charge in [-0.2, -0.15) is 0 Å². The lowest BCUT2D eigenvalue weighted by Gasteiger charge is -2.40. The smallest absolute Gasteiger partial charge is 0.303 e. The minimum Gasteiger partial charge on any atom is -0.481 e. The predicted molar refractivity (Wildman–Crippen MR) is 74.8 cm³/mol. The lowest BCUT2D eigenvalue weighted by Crippen LogP contribution is -2.46. The Labute approximate surface area is 116 Å². The van der Waals surface area contributed by atoms with Crippen molar-refractivity contribution in [2.75, 3.05) is 0 Å². The summed E-state index contributed by atoms with van der Waals surface area (Å²) in [7, 11) is 0. The second kappa shape index (κ2) is 6.92. The number of amides is 1. The van der Waals surface area contributed by atoms with E-state index in [0.717, 1.165) is 6.42 Å². The third-order valence-corrected chi connectivity index (χ3v) is 4.02. The molecule has 0 aliphatic heterocycles. The first-order valence-electron chi connectivity index (χ1n) is 7.32. The van der Waals surface area contributed by atoms with Gasteiger partial charge in [-0.3, -0.25) is 9.59 Å². The molecule has 1 rings (SSSR count). The summed E-state index contributed by atoms with van der Waals surface area (Å²) < 4.78 is 0. The van der Waals surface area contributed by atoms with E-state index in [9.17, 15) is 9.59 Å². The van der Waals surface area contributed by atoms with Crippen molar-refractivity contribution in [1.29, 1.82) is 0 Å². The zero-order chi connectivity index (χ0) is 14.5. The van der Waals surface area contributed by atoms with Crippen LogP contribution in [0, 0.1) is 11.3 Å². The summed E-state index contributed by atoms with van der Waals surface area (Å²) in [6.07, 6.45) is 5.45. The van der Waals surface area contributed by atoms with Crippen molar-refractivity contribution in [1.82, 2.24) is 5.32 Å². The quantitative estimate of drug-likeness (QED) is 0.806. The highest BCUT2D eigenvalue weighted by atomic mass is 16.4. The van der Waals surface area contributed by atoms with Gasteiger partial charge in [-0.25, -0.2) is 0 Å². The molecule has 0 bridgehead atoms. The second-order valence-corrected chi connectivity index (χ2v) is 6.68. The fraction of sp³-hybridized carbons (Fsp3) is 0.867. The zero-order valence-electron chi connectivity index (χ0n) is 12.4. The van der Waals surface area contributed by atoms with Crippen LogP contribution < -0.4 is 5.32 Å². The molecule has 1 aliphatic carbocycles. The summed E-state index contributed by atoms with van der Waals surface area (Å²) in [5, 5.41) is 11.7. The monoisotopic (exact) mass is 269 g/mol. The first-order chi connectivity index (χ1) is 8.80.